The molecule has 68 valence electrons. The normalized spacial score (nSPS) is 10.4. The summed E-state index contributed by atoms with van der Waals surface area (Å²) in [5.74, 6) is 0. The average Bonchev–Trinajstić information content (AvgIpc) is 2.03. The Morgan fingerprint density at radius 1 is 1.09 bits per heavy atom. The van der Waals surface area contributed by atoms with Crippen molar-refractivity contribution in [2.24, 2.45) is 5.73 Å². The maximum absolute atomic E-state index is 5.21. The van der Waals surface area contributed by atoms with E-state index in [-0.39, 0.29) is 0 Å². The smallest absolute Gasteiger partial charge is 0.0701 e. The highest BCUT2D eigenvalue weighted by Crippen LogP contribution is 1.77. The number of rotatable bonds is 8. The molecule has 5 heteroatoms. The van der Waals surface area contributed by atoms with Gasteiger partial charge >= 0.3 is 0 Å². The van der Waals surface area contributed by atoms with Crippen LogP contribution in [0.4, 0.5) is 0 Å². The third-order valence-corrected chi connectivity index (χ3v) is 1.22. The van der Waals surface area contributed by atoms with Crippen molar-refractivity contribution in [2.45, 2.75) is 0 Å². The van der Waals surface area contributed by atoms with E-state index in [2.05, 4.69) is 17.5 Å². The molecule has 0 heterocycles. The maximum Gasteiger partial charge on any atom is 0.0701 e. The monoisotopic (exact) mass is 180 g/mol. The zero-order valence-electron chi connectivity index (χ0n) is 6.58. The van der Waals surface area contributed by atoms with E-state index in [0.29, 0.717) is 33.0 Å². The molecule has 0 rings (SSSR count). The molecule has 0 aliphatic rings. The highest BCUT2D eigenvalue weighted by Gasteiger charge is 1.87. The Morgan fingerprint density at radius 2 is 1.73 bits per heavy atom. The fraction of sp³-hybridized carbons (Fsp3) is 1.00. The van der Waals surface area contributed by atoms with Crippen LogP contribution in [0.3, 0.4) is 0 Å². The van der Waals surface area contributed by atoms with Crippen LogP contribution in [0, 0.1) is 0 Å². The summed E-state index contributed by atoms with van der Waals surface area (Å²) in [7, 11) is 0. The molecule has 0 unspecified atom stereocenters. The minimum Gasteiger partial charge on any atom is -0.378 e. The van der Waals surface area contributed by atoms with Crippen LogP contribution >= 0.6 is 12.8 Å². The molecule has 0 atom stereocenters. The molecule has 0 radical (unpaired) electrons. The molecule has 0 saturated carbocycles. The third-order valence-electron chi connectivity index (χ3n) is 0.992. The summed E-state index contributed by atoms with van der Waals surface area (Å²) in [6.07, 6.45) is 0. The van der Waals surface area contributed by atoms with Crippen LogP contribution in [-0.2, 0) is 9.47 Å². The number of nitrogens with two attached hydrogens (primary N) is 1. The number of hydrogen-bond donors (Lipinski definition) is 3. The van der Waals surface area contributed by atoms with Gasteiger partial charge in [0.2, 0.25) is 0 Å². The van der Waals surface area contributed by atoms with Gasteiger partial charge in [-0.25, -0.2) is 0 Å². The van der Waals surface area contributed by atoms with E-state index in [0.717, 1.165) is 6.54 Å². The van der Waals surface area contributed by atoms with Gasteiger partial charge in [-0.2, -0.15) is 0 Å². The van der Waals surface area contributed by atoms with E-state index in [9.17, 15) is 0 Å². The summed E-state index contributed by atoms with van der Waals surface area (Å²) in [5, 5.41) is 0. The molecule has 0 saturated heterocycles. The zero-order valence-corrected chi connectivity index (χ0v) is 7.48. The van der Waals surface area contributed by atoms with E-state index in [1.54, 1.807) is 0 Å². The van der Waals surface area contributed by atoms with Crippen molar-refractivity contribution in [2.75, 3.05) is 39.5 Å². The number of hydrogen-bond acceptors (Lipinski definition) is 5. The second kappa shape index (κ2) is 10.2. The Morgan fingerprint density at radius 3 is 2.27 bits per heavy atom. The molecular formula is C6H16N2O2S. The highest BCUT2D eigenvalue weighted by molar-refractivity contribution is 7.78. The van der Waals surface area contributed by atoms with Gasteiger partial charge in [-0.05, 0) is 0 Å². The van der Waals surface area contributed by atoms with Crippen LogP contribution < -0.4 is 10.5 Å². The Balaban J connectivity index is 2.69. The summed E-state index contributed by atoms with van der Waals surface area (Å²) in [5.41, 5.74) is 5.21. The lowest BCUT2D eigenvalue weighted by atomic mass is 10.7. The molecule has 0 spiro atoms. The van der Waals surface area contributed by atoms with Crippen molar-refractivity contribution < 1.29 is 9.47 Å². The van der Waals surface area contributed by atoms with Crippen molar-refractivity contribution in [1.29, 1.82) is 0 Å². The minimum absolute atomic E-state index is 0.568. The van der Waals surface area contributed by atoms with Crippen molar-refractivity contribution in [3.8, 4) is 0 Å². The lowest BCUT2D eigenvalue weighted by molar-refractivity contribution is 0.0532. The fourth-order valence-electron chi connectivity index (χ4n) is 0.523. The number of thiol groups is 1. The Hall–Kier alpha value is 0.190. The van der Waals surface area contributed by atoms with Crippen LogP contribution in [0.15, 0.2) is 0 Å². The highest BCUT2D eigenvalue weighted by atomic mass is 32.1. The summed E-state index contributed by atoms with van der Waals surface area (Å²) in [6, 6.07) is 0. The first kappa shape index (κ1) is 11.2. The summed E-state index contributed by atoms with van der Waals surface area (Å²) < 4.78 is 12.9. The maximum atomic E-state index is 5.21. The van der Waals surface area contributed by atoms with E-state index >= 15 is 0 Å². The molecule has 0 aliphatic carbocycles. The van der Waals surface area contributed by atoms with Crippen molar-refractivity contribution >= 4 is 12.8 Å². The summed E-state index contributed by atoms with van der Waals surface area (Å²) in [6.45, 7) is 3.82. The van der Waals surface area contributed by atoms with Gasteiger partial charge in [-0.3, -0.25) is 4.72 Å². The molecule has 3 N–H and O–H groups in total. The molecule has 0 bridgehead atoms. The predicted octanol–water partition coefficient (Wildman–Crippen LogP) is -0.587. The predicted molar refractivity (Wildman–Crippen MR) is 47.7 cm³/mol. The van der Waals surface area contributed by atoms with Crippen LogP contribution in [0.5, 0.6) is 0 Å². The summed E-state index contributed by atoms with van der Waals surface area (Å²) in [4.78, 5) is 0. The standard InChI is InChI=1S/C6H16N2O2S/c7-1-3-9-5-6-10-4-2-8-11/h8,11H,1-7H2. The fourth-order valence-corrected chi connectivity index (χ4v) is 0.614. The van der Waals surface area contributed by atoms with Gasteiger partial charge in [0.15, 0.2) is 0 Å². The van der Waals surface area contributed by atoms with E-state index in [1.165, 1.54) is 0 Å². The third kappa shape index (κ3) is 10.2. The topological polar surface area (TPSA) is 56.5 Å². The Labute approximate surface area is 73.0 Å². The largest absolute Gasteiger partial charge is 0.378 e. The van der Waals surface area contributed by atoms with Crippen molar-refractivity contribution in [1.82, 2.24) is 4.72 Å². The van der Waals surface area contributed by atoms with Gasteiger partial charge < -0.3 is 15.2 Å². The van der Waals surface area contributed by atoms with Crippen molar-refractivity contribution in [3.05, 3.63) is 0 Å². The Kier molecular flexibility index (Phi) is 10.4. The lowest BCUT2D eigenvalue weighted by Gasteiger charge is -2.03. The van der Waals surface area contributed by atoms with Gasteiger partial charge in [-0.15, -0.1) is 0 Å². The van der Waals surface area contributed by atoms with Gasteiger partial charge in [0.1, 0.15) is 0 Å². The minimum atomic E-state index is 0.568. The van der Waals surface area contributed by atoms with E-state index < -0.39 is 0 Å². The molecule has 4 nitrogen and oxygen atoms in total. The van der Waals surface area contributed by atoms with Gasteiger partial charge in [0.05, 0.1) is 26.4 Å². The molecule has 0 aromatic carbocycles. The molecular weight excluding hydrogens is 164 g/mol. The van der Waals surface area contributed by atoms with Crippen LogP contribution in [0.2, 0.25) is 0 Å². The van der Waals surface area contributed by atoms with E-state index in [4.69, 9.17) is 15.2 Å². The lowest BCUT2D eigenvalue weighted by Crippen LogP contribution is -2.15. The second-order valence-corrected chi connectivity index (χ2v) is 2.24. The number of ether oxygens (including phenoxy) is 2. The van der Waals surface area contributed by atoms with Crippen LogP contribution in [-0.4, -0.2) is 39.5 Å². The van der Waals surface area contributed by atoms with E-state index in [1.807, 2.05) is 0 Å². The molecule has 0 aromatic rings. The number of nitrogens with one attached hydrogen (secondary N) is 1. The van der Waals surface area contributed by atoms with Gasteiger partial charge in [-0.1, -0.05) is 12.8 Å². The first-order valence-corrected chi connectivity index (χ1v) is 4.09. The quantitative estimate of drug-likeness (QED) is 0.345. The zero-order chi connectivity index (χ0) is 8.36. The van der Waals surface area contributed by atoms with Crippen LogP contribution in [0.25, 0.3) is 0 Å². The molecule has 0 fully saturated rings. The van der Waals surface area contributed by atoms with Crippen molar-refractivity contribution in [3.63, 3.8) is 0 Å². The van der Waals surface area contributed by atoms with Gasteiger partial charge in [0, 0.05) is 13.1 Å². The molecule has 11 heavy (non-hydrogen) atoms. The molecule has 0 amide bonds. The molecule has 0 aromatic heterocycles. The Bertz CT molecular complexity index is 67.6. The van der Waals surface area contributed by atoms with Crippen LogP contribution in [0.1, 0.15) is 0 Å². The van der Waals surface area contributed by atoms with Gasteiger partial charge in [0.25, 0.3) is 0 Å². The first-order valence-electron chi connectivity index (χ1n) is 3.64. The average molecular weight is 180 g/mol. The molecule has 0 aliphatic heterocycles. The summed E-state index contributed by atoms with van der Waals surface area (Å²) >= 11 is 3.80. The first-order chi connectivity index (χ1) is 5.41. The second-order valence-electron chi connectivity index (χ2n) is 1.92. The SMILES string of the molecule is NCCOCCOCCNS.